The maximum atomic E-state index is 8.68. The highest BCUT2D eigenvalue weighted by Gasteiger charge is 2.01. The summed E-state index contributed by atoms with van der Waals surface area (Å²) >= 11 is 1.90. The summed E-state index contributed by atoms with van der Waals surface area (Å²) in [6, 6.07) is 9.19. The molecule has 2 N–H and O–H groups in total. The van der Waals surface area contributed by atoms with Crippen LogP contribution >= 0.6 is 11.8 Å². The van der Waals surface area contributed by atoms with E-state index < -0.39 is 0 Å². The molecule has 0 aromatic heterocycles. The summed E-state index contributed by atoms with van der Waals surface area (Å²) in [6.45, 7) is 2.48. The van der Waals surface area contributed by atoms with Gasteiger partial charge in [-0.3, -0.25) is 0 Å². The fraction of sp³-hybridized carbons (Fsp3) is 0.571. The lowest BCUT2D eigenvalue weighted by molar-refractivity contribution is 0.284. The van der Waals surface area contributed by atoms with Crippen molar-refractivity contribution in [3.05, 3.63) is 29.8 Å². The summed E-state index contributed by atoms with van der Waals surface area (Å²) in [6.07, 6.45) is 3.23. The van der Waals surface area contributed by atoms with Gasteiger partial charge in [0.2, 0.25) is 0 Å². The predicted octanol–water partition coefficient (Wildman–Crippen LogP) is 3.22. The third-order valence-electron chi connectivity index (χ3n) is 2.88. The summed E-state index contributed by atoms with van der Waals surface area (Å²) in [7, 11) is 1.98. The minimum atomic E-state index is 0.321. The van der Waals surface area contributed by atoms with Crippen LogP contribution in [-0.4, -0.2) is 24.5 Å². The molecule has 2 nitrogen and oxygen atoms in total. The topological polar surface area (TPSA) is 32.3 Å². The molecule has 0 aliphatic rings. The Morgan fingerprint density at radius 2 is 1.88 bits per heavy atom. The molecule has 1 aromatic carbocycles. The van der Waals surface area contributed by atoms with E-state index in [-0.39, 0.29) is 0 Å². The molecule has 0 fully saturated rings. The van der Waals surface area contributed by atoms with Crippen LogP contribution in [0, 0.1) is 0 Å². The molecule has 0 spiro atoms. The van der Waals surface area contributed by atoms with E-state index in [4.69, 9.17) is 5.11 Å². The second-order valence-corrected chi connectivity index (χ2v) is 5.38. The Morgan fingerprint density at radius 3 is 2.47 bits per heavy atom. The molecule has 1 rings (SSSR count). The van der Waals surface area contributed by atoms with Crippen LogP contribution in [0.4, 0.5) is 0 Å². The summed E-state index contributed by atoms with van der Waals surface area (Å²) in [5, 5.41) is 11.9. The van der Waals surface area contributed by atoms with Crippen molar-refractivity contribution >= 4 is 11.8 Å². The summed E-state index contributed by atoms with van der Waals surface area (Å²) < 4.78 is 0. The van der Waals surface area contributed by atoms with Crippen LogP contribution in [-0.2, 0) is 0 Å². The van der Waals surface area contributed by atoms with Crippen LogP contribution in [0.15, 0.2) is 29.2 Å². The Labute approximate surface area is 109 Å². The number of hydrogen-bond acceptors (Lipinski definition) is 3. The van der Waals surface area contributed by atoms with Gasteiger partial charge in [-0.25, -0.2) is 0 Å². The van der Waals surface area contributed by atoms with E-state index >= 15 is 0 Å². The number of unbranched alkanes of at least 4 members (excludes halogenated alkanes) is 2. The number of benzene rings is 1. The number of nitrogens with one attached hydrogen (secondary N) is 1. The van der Waals surface area contributed by atoms with Crippen LogP contribution in [0.1, 0.15) is 37.8 Å². The number of hydrogen-bond donors (Lipinski definition) is 2. The van der Waals surface area contributed by atoms with Gasteiger partial charge >= 0.3 is 0 Å². The molecular weight excluding hydrogens is 230 g/mol. The van der Waals surface area contributed by atoms with Gasteiger partial charge in [-0.15, -0.1) is 11.8 Å². The lowest BCUT2D eigenvalue weighted by Gasteiger charge is -2.10. The van der Waals surface area contributed by atoms with E-state index in [0.29, 0.717) is 12.6 Å². The van der Waals surface area contributed by atoms with E-state index in [1.165, 1.54) is 16.9 Å². The average molecular weight is 253 g/mol. The quantitative estimate of drug-likeness (QED) is 0.551. The van der Waals surface area contributed by atoms with Gasteiger partial charge in [0, 0.05) is 17.5 Å². The number of rotatable bonds is 8. The van der Waals surface area contributed by atoms with Crippen molar-refractivity contribution < 1.29 is 5.11 Å². The summed E-state index contributed by atoms with van der Waals surface area (Å²) in [5.74, 6) is 1.14. The second-order valence-electron chi connectivity index (χ2n) is 4.21. The smallest absolute Gasteiger partial charge is 0.0431 e. The molecule has 0 saturated heterocycles. The van der Waals surface area contributed by atoms with Gasteiger partial charge in [0.15, 0.2) is 0 Å². The largest absolute Gasteiger partial charge is 0.396 e. The predicted molar refractivity (Wildman–Crippen MR) is 75.6 cm³/mol. The SMILES string of the molecule is CNC(C)c1ccc(SCCCCCO)cc1. The van der Waals surface area contributed by atoms with Crippen LogP contribution < -0.4 is 5.32 Å². The lowest BCUT2D eigenvalue weighted by atomic mass is 10.1. The fourth-order valence-corrected chi connectivity index (χ4v) is 2.51. The lowest BCUT2D eigenvalue weighted by Crippen LogP contribution is -2.11. The average Bonchev–Trinajstić information content (AvgIpc) is 2.38. The molecule has 0 aliphatic carbocycles. The van der Waals surface area contributed by atoms with Gasteiger partial charge in [-0.2, -0.15) is 0 Å². The van der Waals surface area contributed by atoms with Crippen molar-refractivity contribution in [3.63, 3.8) is 0 Å². The minimum absolute atomic E-state index is 0.321. The van der Waals surface area contributed by atoms with Crippen LogP contribution in [0.5, 0.6) is 0 Å². The fourth-order valence-electron chi connectivity index (χ4n) is 1.60. The van der Waals surface area contributed by atoms with Gasteiger partial charge in [0.25, 0.3) is 0 Å². The van der Waals surface area contributed by atoms with Crippen molar-refractivity contribution in [3.8, 4) is 0 Å². The van der Waals surface area contributed by atoms with E-state index in [2.05, 4.69) is 36.5 Å². The zero-order chi connectivity index (χ0) is 12.5. The van der Waals surface area contributed by atoms with Crippen LogP contribution in [0.25, 0.3) is 0 Å². The molecular formula is C14H23NOS. The van der Waals surface area contributed by atoms with Crippen molar-refractivity contribution in [2.75, 3.05) is 19.4 Å². The molecule has 0 heterocycles. The Bertz CT molecular complexity index is 300. The maximum Gasteiger partial charge on any atom is 0.0431 e. The highest BCUT2D eigenvalue weighted by atomic mass is 32.2. The highest BCUT2D eigenvalue weighted by Crippen LogP contribution is 2.22. The molecule has 0 radical (unpaired) electrons. The first-order valence-corrected chi connectivity index (χ1v) is 7.27. The van der Waals surface area contributed by atoms with E-state index in [1.54, 1.807) is 0 Å². The van der Waals surface area contributed by atoms with Crippen LogP contribution in [0.3, 0.4) is 0 Å². The molecule has 0 saturated carbocycles. The molecule has 17 heavy (non-hydrogen) atoms. The van der Waals surface area contributed by atoms with Crippen LogP contribution in [0.2, 0.25) is 0 Å². The molecule has 1 unspecified atom stereocenters. The van der Waals surface area contributed by atoms with Gasteiger partial charge in [-0.1, -0.05) is 18.6 Å². The highest BCUT2D eigenvalue weighted by molar-refractivity contribution is 7.99. The molecule has 0 amide bonds. The summed E-state index contributed by atoms with van der Waals surface area (Å²) in [4.78, 5) is 1.33. The third-order valence-corrected chi connectivity index (χ3v) is 3.98. The second kappa shape index (κ2) is 8.56. The van der Waals surface area contributed by atoms with Gasteiger partial charge in [0.1, 0.15) is 0 Å². The summed E-state index contributed by atoms with van der Waals surface area (Å²) in [5.41, 5.74) is 1.33. The minimum Gasteiger partial charge on any atom is -0.396 e. The van der Waals surface area contributed by atoms with Gasteiger partial charge in [0.05, 0.1) is 0 Å². The van der Waals surface area contributed by atoms with Crippen molar-refractivity contribution in [2.24, 2.45) is 0 Å². The molecule has 3 heteroatoms. The number of thioether (sulfide) groups is 1. The zero-order valence-electron chi connectivity index (χ0n) is 10.8. The Morgan fingerprint density at radius 1 is 1.18 bits per heavy atom. The number of aliphatic hydroxyl groups excluding tert-OH is 1. The zero-order valence-corrected chi connectivity index (χ0v) is 11.6. The van der Waals surface area contributed by atoms with Gasteiger partial charge in [-0.05, 0) is 50.3 Å². The van der Waals surface area contributed by atoms with Crippen molar-refractivity contribution in [1.82, 2.24) is 5.32 Å². The number of aliphatic hydroxyl groups is 1. The van der Waals surface area contributed by atoms with Crippen molar-refractivity contribution in [2.45, 2.75) is 37.1 Å². The Hall–Kier alpha value is -0.510. The molecule has 1 atom stereocenters. The van der Waals surface area contributed by atoms with E-state index in [1.807, 2.05) is 18.8 Å². The first-order valence-electron chi connectivity index (χ1n) is 6.29. The Balaban J connectivity index is 2.30. The van der Waals surface area contributed by atoms with Gasteiger partial charge < -0.3 is 10.4 Å². The molecule has 96 valence electrons. The normalized spacial score (nSPS) is 12.6. The Kier molecular flexibility index (Phi) is 7.33. The van der Waals surface area contributed by atoms with E-state index in [9.17, 15) is 0 Å². The maximum absolute atomic E-state index is 8.68. The monoisotopic (exact) mass is 253 g/mol. The first kappa shape index (κ1) is 14.6. The molecule has 1 aromatic rings. The third kappa shape index (κ3) is 5.57. The standard InChI is InChI=1S/C14H23NOS/c1-12(15-2)13-6-8-14(9-7-13)17-11-5-3-4-10-16/h6-9,12,15-16H,3-5,10-11H2,1-2H3. The van der Waals surface area contributed by atoms with Crippen molar-refractivity contribution in [1.29, 1.82) is 0 Å². The van der Waals surface area contributed by atoms with E-state index in [0.717, 1.165) is 18.6 Å². The molecule has 0 bridgehead atoms. The molecule has 0 aliphatic heterocycles. The first-order chi connectivity index (χ1) is 8.27.